The molecular weight excluding hydrogens is 360 g/mol. The summed E-state index contributed by atoms with van der Waals surface area (Å²) in [6, 6.07) is 8.74. The Kier molecular flexibility index (Phi) is 5.78. The van der Waals surface area contributed by atoms with E-state index in [2.05, 4.69) is 15.7 Å². The van der Waals surface area contributed by atoms with Crippen molar-refractivity contribution in [3.63, 3.8) is 0 Å². The van der Waals surface area contributed by atoms with E-state index in [1.807, 2.05) is 6.92 Å². The summed E-state index contributed by atoms with van der Waals surface area (Å²) >= 11 is 0. The first kappa shape index (κ1) is 19.2. The summed E-state index contributed by atoms with van der Waals surface area (Å²) in [5.74, 6) is 0.502. The van der Waals surface area contributed by atoms with Crippen LogP contribution in [0, 0.1) is 6.92 Å². The molecule has 3 rings (SSSR count). The third-order valence-corrected chi connectivity index (χ3v) is 4.30. The first-order valence-electron chi connectivity index (χ1n) is 8.86. The Morgan fingerprint density at radius 2 is 2.04 bits per heavy atom. The minimum atomic E-state index is -0.402. The molecule has 3 aromatic rings. The van der Waals surface area contributed by atoms with Crippen molar-refractivity contribution in [2.24, 2.45) is 0 Å². The van der Waals surface area contributed by atoms with E-state index >= 15 is 0 Å². The minimum Gasteiger partial charge on any atom is -0.496 e. The van der Waals surface area contributed by atoms with Gasteiger partial charge in [-0.25, -0.2) is 0 Å². The fourth-order valence-electron chi connectivity index (χ4n) is 2.78. The van der Waals surface area contributed by atoms with Crippen molar-refractivity contribution in [1.29, 1.82) is 0 Å². The number of nitrogens with one attached hydrogen (secondary N) is 2. The van der Waals surface area contributed by atoms with Crippen molar-refractivity contribution in [1.82, 2.24) is 15.1 Å². The van der Waals surface area contributed by atoms with Crippen LogP contribution < -0.4 is 15.4 Å². The summed E-state index contributed by atoms with van der Waals surface area (Å²) in [5.41, 5.74) is 1.66. The Balaban J connectivity index is 1.80. The molecule has 0 aliphatic rings. The van der Waals surface area contributed by atoms with E-state index in [-0.39, 0.29) is 18.1 Å². The Morgan fingerprint density at radius 3 is 2.71 bits per heavy atom. The molecule has 0 spiro atoms. The van der Waals surface area contributed by atoms with Gasteiger partial charge in [0.15, 0.2) is 5.69 Å². The van der Waals surface area contributed by atoms with Crippen LogP contribution in [0.15, 0.2) is 47.2 Å². The number of rotatable bonds is 7. The largest absolute Gasteiger partial charge is 0.496 e. The highest BCUT2D eigenvalue weighted by Crippen LogP contribution is 2.23. The fraction of sp³-hybridized carbons (Fsp3) is 0.250. The molecule has 0 bridgehead atoms. The van der Waals surface area contributed by atoms with Crippen LogP contribution in [0.25, 0.3) is 0 Å². The molecular formula is C20H22N4O4. The van der Waals surface area contributed by atoms with Gasteiger partial charge in [0.05, 0.1) is 25.6 Å². The number of methoxy groups -OCH3 is 1. The number of furan rings is 1. The molecule has 0 saturated heterocycles. The molecule has 8 heteroatoms. The molecule has 2 heterocycles. The smallest absolute Gasteiger partial charge is 0.274 e. The summed E-state index contributed by atoms with van der Waals surface area (Å²) in [7, 11) is 1.55. The second-order valence-electron chi connectivity index (χ2n) is 6.10. The SMILES string of the molecule is CCn1cc(NC(=O)c2cccc(OC)c2C)c(C(=O)NCc2ccco2)n1. The van der Waals surface area contributed by atoms with Gasteiger partial charge >= 0.3 is 0 Å². The third-order valence-electron chi connectivity index (χ3n) is 4.30. The van der Waals surface area contributed by atoms with Crippen molar-refractivity contribution in [2.45, 2.75) is 26.9 Å². The molecule has 1 aromatic carbocycles. The first-order valence-corrected chi connectivity index (χ1v) is 8.86. The van der Waals surface area contributed by atoms with Crippen LogP contribution in [0.2, 0.25) is 0 Å². The molecule has 0 unspecified atom stereocenters. The van der Waals surface area contributed by atoms with E-state index in [4.69, 9.17) is 9.15 Å². The molecule has 2 N–H and O–H groups in total. The average Bonchev–Trinajstić information content (AvgIpc) is 3.36. The fourth-order valence-corrected chi connectivity index (χ4v) is 2.78. The molecule has 0 saturated carbocycles. The van der Waals surface area contributed by atoms with Crippen LogP contribution in [-0.2, 0) is 13.1 Å². The van der Waals surface area contributed by atoms with Crippen molar-refractivity contribution in [2.75, 3.05) is 12.4 Å². The normalized spacial score (nSPS) is 10.5. The molecule has 0 aliphatic heterocycles. The maximum absolute atomic E-state index is 12.8. The van der Waals surface area contributed by atoms with E-state index in [1.54, 1.807) is 55.2 Å². The van der Waals surface area contributed by atoms with Gasteiger partial charge in [0.25, 0.3) is 11.8 Å². The number of hydrogen-bond donors (Lipinski definition) is 2. The average molecular weight is 382 g/mol. The minimum absolute atomic E-state index is 0.141. The number of ether oxygens (including phenoxy) is 1. The quantitative estimate of drug-likeness (QED) is 0.655. The highest BCUT2D eigenvalue weighted by Gasteiger charge is 2.20. The highest BCUT2D eigenvalue weighted by atomic mass is 16.5. The molecule has 146 valence electrons. The van der Waals surface area contributed by atoms with Crippen molar-refractivity contribution >= 4 is 17.5 Å². The predicted octanol–water partition coefficient (Wildman–Crippen LogP) is 3.00. The third kappa shape index (κ3) is 4.06. The van der Waals surface area contributed by atoms with E-state index in [1.165, 1.54) is 6.26 Å². The molecule has 2 amide bonds. The first-order chi connectivity index (χ1) is 13.5. The number of hydrogen-bond acceptors (Lipinski definition) is 5. The van der Waals surface area contributed by atoms with Gasteiger partial charge < -0.3 is 19.8 Å². The molecule has 28 heavy (non-hydrogen) atoms. The van der Waals surface area contributed by atoms with Crippen LogP contribution in [0.3, 0.4) is 0 Å². The number of benzene rings is 1. The van der Waals surface area contributed by atoms with E-state index in [0.717, 1.165) is 0 Å². The maximum Gasteiger partial charge on any atom is 0.274 e. The highest BCUT2D eigenvalue weighted by molar-refractivity contribution is 6.09. The van der Waals surface area contributed by atoms with Crippen molar-refractivity contribution < 1.29 is 18.7 Å². The summed E-state index contributed by atoms with van der Waals surface area (Å²) in [5, 5.41) is 9.79. The number of anilines is 1. The Hall–Kier alpha value is -3.55. The molecule has 2 aromatic heterocycles. The van der Waals surface area contributed by atoms with Crippen LogP contribution in [0.5, 0.6) is 5.75 Å². The molecule has 0 atom stereocenters. The number of amides is 2. The number of aromatic nitrogens is 2. The molecule has 8 nitrogen and oxygen atoms in total. The van der Waals surface area contributed by atoms with Gasteiger partial charge in [-0.05, 0) is 38.1 Å². The van der Waals surface area contributed by atoms with Crippen LogP contribution >= 0.6 is 0 Å². The van der Waals surface area contributed by atoms with Gasteiger partial charge in [-0.3, -0.25) is 14.3 Å². The lowest BCUT2D eigenvalue weighted by molar-refractivity contribution is 0.0943. The molecule has 0 aliphatic carbocycles. The van der Waals surface area contributed by atoms with Crippen molar-refractivity contribution in [3.05, 3.63) is 65.4 Å². The van der Waals surface area contributed by atoms with Gasteiger partial charge in [0.2, 0.25) is 0 Å². The Labute approximate surface area is 162 Å². The summed E-state index contributed by atoms with van der Waals surface area (Å²) in [6.07, 6.45) is 3.17. The van der Waals surface area contributed by atoms with Crippen LogP contribution in [0.4, 0.5) is 5.69 Å². The summed E-state index contributed by atoms with van der Waals surface area (Å²) in [4.78, 5) is 25.3. The van der Waals surface area contributed by atoms with Crippen LogP contribution in [0.1, 0.15) is 39.1 Å². The second-order valence-corrected chi connectivity index (χ2v) is 6.10. The topological polar surface area (TPSA) is 98.4 Å². The van der Waals surface area contributed by atoms with E-state index in [9.17, 15) is 9.59 Å². The zero-order chi connectivity index (χ0) is 20.1. The number of carbonyl (C=O) groups is 2. The van der Waals surface area contributed by atoms with Crippen molar-refractivity contribution in [3.8, 4) is 5.75 Å². The Bertz CT molecular complexity index is 976. The monoisotopic (exact) mass is 382 g/mol. The lowest BCUT2D eigenvalue weighted by atomic mass is 10.1. The van der Waals surface area contributed by atoms with Gasteiger partial charge in [-0.1, -0.05) is 6.07 Å². The zero-order valence-corrected chi connectivity index (χ0v) is 16.0. The molecule has 0 radical (unpaired) electrons. The van der Waals surface area contributed by atoms with Crippen LogP contribution in [-0.4, -0.2) is 28.7 Å². The lowest BCUT2D eigenvalue weighted by Crippen LogP contribution is -2.25. The summed E-state index contributed by atoms with van der Waals surface area (Å²) < 4.78 is 12.1. The number of aryl methyl sites for hydroxylation is 1. The summed E-state index contributed by atoms with van der Waals surface area (Å²) in [6.45, 7) is 4.50. The van der Waals surface area contributed by atoms with Gasteiger partial charge in [0.1, 0.15) is 11.5 Å². The molecule has 0 fully saturated rings. The van der Waals surface area contributed by atoms with Gasteiger partial charge in [-0.15, -0.1) is 0 Å². The van der Waals surface area contributed by atoms with E-state index in [0.29, 0.717) is 34.9 Å². The maximum atomic E-state index is 12.8. The Morgan fingerprint density at radius 1 is 1.21 bits per heavy atom. The zero-order valence-electron chi connectivity index (χ0n) is 16.0. The predicted molar refractivity (Wildman–Crippen MR) is 103 cm³/mol. The van der Waals surface area contributed by atoms with E-state index < -0.39 is 5.91 Å². The standard InChI is InChI=1S/C20H22N4O4/c1-4-24-12-16(18(23-24)20(26)21-11-14-7-6-10-28-14)22-19(25)15-8-5-9-17(27-3)13(15)2/h5-10,12H,4,11H2,1-3H3,(H,21,26)(H,22,25). The lowest BCUT2D eigenvalue weighted by Gasteiger charge is -2.10. The second kappa shape index (κ2) is 8.43. The van der Waals surface area contributed by atoms with Gasteiger partial charge in [0, 0.05) is 23.9 Å². The number of carbonyl (C=O) groups excluding carboxylic acids is 2. The number of nitrogens with zero attached hydrogens (tertiary/aromatic N) is 2. The van der Waals surface area contributed by atoms with Gasteiger partial charge in [-0.2, -0.15) is 5.10 Å².